The van der Waals surface area contributed by atoms with Gasteiger partial charge in [-0.25, -0.2) is 0 Å². The van der Waals surface area contributed by atoms with Crippen LogP contribution in [-0.4, -0.2) is 43.6 Å². The van der Waals surface area contributed by atoms with Crippen LogP contribution in [-0.2, 0) is 9.53 Å². The number of carbonyl (C=O) groups is 1. The number of carbonyl (C=O) groups excluding carboxylic acids is 1. The maximum absolute atomic E-state index is 12.5. The van der Waals surface area contributed by atoms with Crippen LogP contribution in [0.3, 0.4) is 0 Å². The second-order valence-electron chi connectivity index (χ2n) is 6.27. The number of halogens is 3. The van der Waals surface area contributed by atoms with E-state index in [1.54, 1.807) is 6.07 Å². The summed E-state index contributed by atoms with van der Waals surface area (Å²) in [6, 6.07) is 5.51. The minimum Gasteiger partial charge on any atom is -0.370 e. The van der Waals surface area contributed by atoms with Crippen molar-refractivity contribution in [2.45, 2.75) is 25.4 Å². The molecule has 1 aromatic rings. The molecule has 0 spiro atoms. The van der Waals surface area contributed by atoms with E-state index in [1.807, 2.05) is 17.0 Å². The Hall–Kier alpha value is -0.520. The minimum atomic E-state index is -0.129. The third-order valence-electron chi connectivity index (χ3n) is 4.66. The van der Waals surface area contributed by atoms with Crippen molar-refractivity contribution in [3.8, 4) is 0 Å². The van der Waals surface area contributed by atoms with Crippen LogP contribution < -0.4 is 5.32 Å². The zero-order valence-corrected chi connectivity index (χ0v) is 15.8. The van der Waals surface area contributed by atoms with E-state index in [0.29, 0.717) is 42.1 Å². The van der Waals surface area contributed by atoms with Gasteiger partial charge in [0.05, 0.1) is 23.2 Å². The van der Waals surface area contributed by atoms with Crippen LogP contribution in [0.5, 0.6) is 0 Å². The number of rotatable bonds is 4. The van der Waals surface area contributed by atoms with Crippen molar-refractivity contribution in [3.63, 3.8) is 0 Å². The summed E-state index contributed by atoms with van der Waals surface area (Å²) >= 11 is 12.0. The molecule has 2 heterocycles. The van der Waals surface area contributed by atoms with Gasteiger partial charge >= 0.3 is 0 Å². The van der Waals surface area contributed by atoms with E-state index >= 15 is 0 Å². The molecule has 2 saturated heterocycles. The van der Waals surface area contributed by atoms with E-state index in [1.165, 1.54) is 6.42 Å². The van der Waals surface area contributed by atoms with E-state index < -0.39 is 0 Å². The zero-order valence-electron chi connectivity index (χ0n) is 13.5. The van der Waals surface area contributed by atoms with Gasteiger partial charge in [-0.1, -0.05) is 29.3 Å². The zero-order chi connectivity index (χ0) is 16.2. The van der Waals surface area contributed by atoms with Crippen LogP contribution in [0.4, 0.5) is 0 Å². The Morgan fingerprint density at radius 3 is 2.88 bits per heavy atom. The number of amides is 1. The number of nitrogens with one attached hydrogen (secondary N) is 1. The van der Waals surface area contributed by atoms with Gasteiger partial charge in [-0.3, -0.25) is 4.79 Å². The molecule has 24 heavy (non-hydrogen) atoms. The predicted octanol–water partition coefficient (Wildman–Crippen LogP) is 3.70. The van der Waals surface area contributed by atoms with Crippen molar-refractivity contribution in [1.82, 2.24) is 10.2 Å². The van der Waals surface area contributed by atoms with Crippen LogP contribution in [0.15, 0.2) is 18.2 Å². The smallest absolute Gasteiger partial charge is 0.222 e. The monoisotopic (exact) mass is 392 g/mol. The molecule has 2 aliphatic heterocycles. The third-order valence-corrected chi connectivity index (χ3v) is 5.40. The largest absolute Gasteiger partial charge is 0.370 e. The van der Waals surface area contributed by atoms with E-state index in [4.69, 9.17) is 27.9 Å². The molecule has 2 atom stereocenters. The second kappa shape index (κ2) is 9.25. The molecular formula is C17H23Cl3N2O2. The van der Waals surface area contributed by atoms with Crippen molar-refractivity contribution in [1.29, 1.82) is 0 Å². The minimum absolute atomic E-state index is 0. The highest BCUT2D eigenvalue weighted by Gasteiger charge is 2.26. The molecular weight excluding hydrogens is 371 g/mol. The topological polar surface area (TPSA) is 41.6 Å². The molecule has 1 N–H and O–H groups in total. The van der Waals surface area contributed by atoms with Gasteiger partial charge in [-0.05, 0) is 49.5 Å². The van der Waals surface area contributed by atoms with Gasteiger partial charge in [0, 0.05) is 13.0 Å². The lowest BCUT2D eigenvalue weighted by atomic mass is 10.0. The Kier molecular flexibility index (Phi) is 7.63. The third kappa shape index (κ3) is 4.99. The molecule has 0 saturated carbocycles. The van der Waals surface area contributed by atoms with Gasteiger partial charge in [0.1, 0.15) is 6.10 Å². The van der Waals surface area contributed by atoms with E-state index in [0.717, 1.165) is 25.1 Å². The molecule has 3 rings (SSSR count). The molecule has 2 fully saturated rings. The van der Waals surface area contributed by atoms with Gasteiger partial charge in [0.25, 0.3) is 0 Å². The van der Waals surface area contributed by atoms with Crippen LogP contribution >= 0.6 is 35.6 Å². The van der Waals surface area contributed by atoms with Gasteiger partial charge in [0.2, 0.25) is 5.91 Å². The highest BCUT2D eigenvalue weighted by molar-refractivity contribution is 6.42. The Labute approximate surface area is 159 Å². The van der Waals surface area contributed by atoms with Crippen LogP contribution in [0.1, 0.15) is 30.9 Å². The standard InChI is InChI=1S/C17H22Cl2N2O2.ClH/c18-14-3-2-13(9-15(14)19)16-11-21(7-8-23-16)17(22)4-1-12-5-6-20-10-12;/h2-3,9,12,16,20H,1,4-8,10-11H2;1H. The van der Waals surface area contributed by atoms with Crippen molar-refractivity contribution < 1.29 is 9.53 Å². The van der Waals surface area contributed by atoms with Gasteiger partial charge in [-0.15, -0.1) is 12.4 Å². The Bertz CT molecular complexity index is 565. The summed E-state index contributed by atoms with van der Waals surface area (Å²) in [4.78, 5) is 14.4. The molecule has 2 aliphatic rings. The Morgan fingerprint density at radius 2 is 2.17 bits per heavy atom. The van der Waals surface area contributed by atoms with Crippen molar-refractivity contribution in [2.75, 3.05) is 32.8 Å². The van der Waals surface area contributed by atoms with Gasteiger partial charge < -0.3 is 15.0 Å². The number of ether oxygens (including phenoxy) is 1. The number of nitrogens with zero attached hydrogens (tertiary/aromatic N) is 1. The average molecular weight is 394 g/mol. The van der Waals surface area contributed by atoms with Gasteiger partial charge in [-0.2, -0.15) is 0 Å². The summed E-state index contributed by atoms with van der Waals surface area (Å²) < 4.78 is 5.81. The maximum atomic E-state index is 12.5. The maximum Gasteiger partial charge on any atom is 0.222 e. The molecule has 7 heteroatoms. The molecule has 1 amide bonds. The molecule has 4 nitrogen and oxygen atoms in total. The number of morpholine rings is 1. The van der Waals surface area contributed by atoms with Crippen LogP contribution in [0.2, 0.25) is 10.0 Å². The van der Waals surface area contributed by atoms with Crippen LogP contribution in [0.25, 0.3) is 0 Å². The Morgan fingerprint density at radius 1 is 1.33 bits per heavy atom. The highest BCUT2D eigenvalue weighted by atomic mass is 35.5. The molecule has 1 aromatic carbocycles. The summed E-state index contributed by atoms with van der Waals surface area (Å²) in [7, 11) is 0. The second-order valence-corrected chi connectivity index (χ2v) is 7.08. The lowest BCUT2D eigenvalue weighted by Crippen LogP contribution is -2.42. The summed E-state index contributed by atoms with van der Waals surface area (Å²) in [5.74, 6) is 0.871. The fourth-order valence-electron chi connectivity index (χ4n) is 3.24. The quantitative estimate of drug-likeness (QED) is 0.848. The molecule has 0 radical (unpaired) electrons. The predicted molar refractivity (Wildman–Crippen MR) is 99.2 cm³/mol. The van der Waals surface area contributed by atoms with Crippen molar-refractivity contribution in [3.05, 3.63) is 33.8 Å². The average Bonchev–Trinajstić information content (AvgIpc) is 3.09. The van der Waals surface area contributed by atoms with E-state index in [-0.39, 0.29) is 24.4 Å². The first-order chi connectivity index (χ1) is 11.1. The lowest BCUT2D eigenvalue weighted by molar-refractivity contribution is -0.139. The Balaban J connectivity index is 0.00000208. The first-order valence-electron chi connectivity index (χ1n) is 8.18. The molecule has 0 bridgehead atoms. The van der Waals surface area contributed by atoms with E-state index in [9.17, 15) is 4.79 Å². The lowest BCUT2D eigenvalue weighted by Gasteiger charge is -2.33. The van der Waals surface area contributed by atoms with Gasteiger partial charge in [0.15, 0.2) is 0 Å². The summed E-state index contributed by atoms with van der Waals surface area (Å²) in [6.45, 7) is 3.93. The molecule has 0 aliphatic carbocycles. The number of hydrogen-bond donors (Lipinski definition) is 1. The summed E-state index contributed by atoms with van der Waals surface area (Å²) in [5, 5.41) is 4.40. The fraction of sp³-hybridized carbons (Fsp3) is 0.588. The van der Waals surface area contributed by atoms with Crippen molar-refractivity contribution >= 4 is 41.5 Å². The first kappa shape index (κ1) is 19.8. The molecule has 134 valence electrons. The fourth-order valence-corrected chi connectivity index (χ4v) is 3.54. The number of hydrogen-bond acceptors (Lipinski definition) is 3. The summed E-state index contributed by atoms with van der Waals surface area (Å²) in [6.07, 6.45) is 2.65. The van der Waals surface area contributed by atoms with Crippen LogP contribution in [0, 0.1) is 5.92 Å². The normalized spacial score (nSPS) is 23.8. The first-order valence-corrected chi connectivity index (χ1v) is 8.94. The SMILES string of the molecule is Cl.O=C(CCC1CCNC1)N1CCOC(c2ccc(Cl)c(Cl)c2)C1. The van der Waals surface area contributed by atoms with Crippen molar-refractivity contribution in [2.24, 2.45) is 5.92 Å². The number of benzene rings is 1. The van der Waals surface area contributed by atoms with E-state index in [2.05, 4.69) is 5.32 Å². The highest BCUT2D eigenvalue weighted by Crippen LogP contribution is 2.29. The molecule has 2 unspecified atom stereocenters. The summed E-state index contributed by atoms with van der Waals surface area (Å²) in [5.41, 5.74) is 0.969. The molecule has 0 aromatic heterocycles.